The van der Waals surface area contributed by atoms with Crippen LogP contribution in [0.1, 0.15) is 5.69 Å². The molecule has 78 valence electrons. The molecule has 1 heterocycles. The van der Waals surface area contributed by atoms with Gasteiger partial charge in [0.05, 0.1) is 22.6 Å². The third-order valence-corrected chi connectivity index (χ3v) is 2.33. The van der Waals surface area contributed by atoms with Gasteiger partial charge >= 0.3 is 0 Å². The lowest BCUT2D eigenvalue weighted by molar-refractivity contribution is 0.298. The lowest BCUT2D eigenvalue weighted by Crippen LogP contribution is -1.95. The summed E-state index contributed by atoms with van der Waals surface area (Å²) in [5, 5.41) is 17.2. The van der Waals surface area contributed by atoms with E-state index < -0.39 is 0 Å². The van der Waals surface area contributed by atoms with Crippen molar-refractivity contribution < 1.29 is 5.11 Å². The molecule has 2 rings (SSSR count). The number of hydrogen-bond donors (Lipinski definition) is 1. The van der Waals surface area contributed by atoms with Gasteiger partial charge in [-0.05, 0) is 12.1 Å². The van der Waals surface area contributed by atoms with E-state index in [0.29, 0.717) is 11.4 Å². The molecule has 0 radical (unpaired) electrons. The molecule has 5 heteroatoms. The van der Waals surface area contributed by atoms with E-state index in [9.17, 15) is 0 Å². The molecule has 2 aromatic rings. The zero-order chi connectivity index (χ0) is 10.7. The van der Waals surface area contributed by atoms with E-state index in [-0.39, 0.29) is 6.61 Å². The fourth-order valence-electron chi connectivity index (χ4n) is 1.28. The molecule has 0 bridgehead atoms. The van der Waals surface area contributed by atoms with Gasteiger partial charge in [0, 0.05) is 13.0 Å². The van der Waals surface area contributed by atoms with Crippen molar-refractivity contribution >= 4 is 11.6 Å². The molecule has 15 heavy (non-hydrogen) atoms. The standard InChI is InChI=1S/C10H10ClN3O/c11-9-3-1-2-4-10(9)14-7-8(5-6-15)12-13-14/h1-4,7,15H,5-6H2. The van der Waals surface area contributed by atoms with Crippen molar-refractivity contribution in [3.05, 3.63) is 41.2 Å². The summed E-state index contributed by atoms with van der Waals surface area (Å²) in [6.45, 7) is 0.0706. The van der Waals surface area contributed by atoms with Gasteiger partial charge in [-0.25, -0.2) is 4.68 Å². The monoisotopic (exact) mass is 223 g/mol. The average molecular weight is 224 g/mol. The van der Waals surface area contributed by atoms with E-state index >= 15 is 0 Å². The zero-order valence-electron chi connectivity index (χ0n) is 7.97. The van der Waals surface area contributed by atoms with Gasteiger partial charge in [-0.2, -0.15) is 0 Å². The second kappa shape index (κ2) is 4.42. The minimum absolute atomic E-state index is 0.0706. The van der Waals surface area contributed by atoms with E-state index in [1.165, 1.54) is 0 Å². The maximum atomic E-state index is 8.75. The van der Waals surface area contributed by atoms with Gasteiger partial charge in [0.2, 0.25) is 0 Å². The number of aliphatic hydroxyl groups excluding tert-OH is 1. The van der Waals surface area contributed by atoms with Crippen molar-refractivity contribution in [2.45, 2.75) is 6.42 Å². The van der Waals surface area contributed by atoms with Crippen molar-refractivity contribution in [1.82, 2.24) is 15.0 Å². The number of para-hydroxylation sites is 1. The summed E-state index contributed by atoms with van der Waals surface area (Å²) in [5.41, 5.74) is 1.54. The maximum Gasteiger partial charge on any atom is 0.0854 e. The number of halogens is 1. The molecule has 1 aromatic carbocycles. The SMILES string of the molecule is OCCc1cn(-c2ccccc2Cl)nn1. The van der Waals surface area contributed by atoms with Crippen LogP contribution in [0.4, 0.5) is 0 Å². The van der Waals surface area contributed by atoms with Crippen molar-refractivity contribution in [2.24, 2.45) is 0 Å². The predicted molar refractivity (Wildman–Crippen MR) is 57.2 cm³/mol. The topological polar surface area (TPSA) is 50.9 Å². The summed E-state index contributed by atoms with van der Waals surface area (Å²) in [6.07, 6.45) is 2.27. The highest BCUT2D eigenvalue weighted by Crippen LogP contribution is 2.18. The second-order valence-electron chi connectivity index (χ2n) is 3.08. The number of aromatic nitrogens is 3. The Morgan fingerprint density at radius 1 is 1.33 bits per heavy atom. The molecule has 0 aliphatic carbocycles. The Hall–Kier alpha value is -1.39. The van der Waals surface area contributed by atoms with Gasteiger partial charge in [-0.15, -0.1) is 5.10 Å². The first-order chi connectivity index (χ1) is 7.31. The molecule has 0 aliphatic rings. The molecule has 0 saturated carbocycles. The van der Waals surface area contributed by atoms with Gasteiger partial charge in [-0.1, -0.05) is 28.9 Å². The van der Waals surface area contributed by atoms with Gasteiger partial charge in [0.1, 0.15) is 0 Å². The number of hydrogen-bond acceptors (Lipinski definition) is 3. The lowest BCUT2D eigenvalue weighted by atomic mass is 10.3. The molecule has 0 aliphatic heterocycles. The van der Waals surface area contributed by atoms with Crippen molar-refractivity contribution in [3.63, 3.8) is 0 Å². The van der Waals surface area contributed by atoms with Crippen LogP contribution in [0.5, 0.6) is 0 Å². The predicted octanol–water partition coefficient (Wildman–Crippen LogP) is 1.46. The van der Waals surface area contributed by atoms with Gasteiger partial charge in [-0.3, -0.25) is 0 Å². The minimum atomic E-state index is 0.0706. The summed E-state index contributed by atoms with van der Waals surface area (Å²) >= 11 is 6.01. The molecule has 0 amide bonds. The first-order valence-corrected chi connectivity index (χ1v) is 4.96. The quantitative estimate of drug-likeness (QED) is 0.857. The Morgan fingerprint density at radius 2 is 2.13 bits per heavy atom. The van der Waals surface area contributed by atoms with E-state index in [4.69, 9.17) is 16.7 Å². The molecular formula is C10H10ClN3O. The van der Waals surface area contributed by atoms with Crippen LogP contribution in [0.15, 0.2) is 30.5 Å². The highest BCUT2D eigenvalue weighted by molar-refractivity contribution is 6.32. The molecule has 1 N–H and O–H groups in total. The molecule has 4 nitrogen and oxygen atoms in total. The first-order valence-electron chi connectivity index (χ1n) is 4.58. The highest BCUT2D eigenvalue weighted by atomic mass is 35.5. The van der Waals surface area contributed by atoms with Crippen LogP contribution in [0.2, 0.25) is 5.02 Å². The Morgan fingerprint density at radius 3 is 2.87 bits per heavy atom. The maximum absolute atomic E-state index is 8.75. The molecule has 0 atom stereocenters. The fourth-order valence-corrected chi connectivity index (χ4v) is 1.51. The van der Waals surface area contributed by atoms with E-state index in [0.717, 1.165) is 11.4 Å². The smallest absolute Gasteiger partial charge is 0.0854 e. The van der Waals surface area contributed by atoms with Crippen LogP contribution < -0.4 is 0 Å². The Balaban J connectivity index is 2.33. The van der Waals surface area contributed by atoms with E-state index in [1.54, 1.807) is 16.9 Å². The highest BCUT2D eigenvalue weighted by Gasteiger charge is 2.04. The third kappa shape index (κ3) is 2.16. The second-order valence-corrected chi connectivity index (χ2v) is 3.49. The van der Waals surface area contributed by atoms with E-state index in [2.05, 4.69) is 10.3 Å². The van der Waals surface area contributed by atoms with Crippen LogP contribution >= 0.6 is 11.6 Å². The fraction of sp³-hybridized carbons (Fsp3) is 0.200. The van der Waals surface area contributed by atoms with Gasteiger partial charge in [0.25, 0.3) is 0 Å². The van der Waals surface area contributed by atoms with Crippen LogP contribution in [-0.2, 0) is 6.42 Å². The summed E-state index contributed by atoms with van der Waals surface area (Å²) in [6, 6.07) is 7.40. The molecular weight excluding hydrogens is 214 g/mol. The first kappa shape index (κ1) is 10.1. The molecule has 1 aromatic heterocycles. The van der Waals surface area contributed by atoms with Crippen molar-refractivity contribution in [2.75, 3.05) is 6.61 Å². The summed E-state index contributed by atoms with van der Waals surface area (Å²) in [7, 11) is 0. The van der Waals surface area contributed by atoms with Crippen LogP contribution in [0.3, 0.4) is 0 Å². The summed E-state index contributed by atoms with van der Waals surface area (Å²) in [5.74, 6) is 0. The zero-order valence-corrected chi connectivity index (χ0v) is 8.72. The average Bonchev–Trinajstić information content (AvgIpc) is 2.68. The van der Waals surface area contributed by atoms with Crippen LogP contribution in [0, 0.1) is 0 Å². The minimum Gasteiger partial charge on any atom is -0.396 e. The Labute approximate surface area is 92.1 Å². The molecule has 0 spiro atoms. The number of aliphatic hydroxyl groups is 1. The van der Waals surface area contributed by atoms with Gasteiger partial charge in [0.15, 0.2) is 0 Å². The summed E-state index contributed by atoms with van der Waals surface area (Å²) in [4.78, 5) is 0. The normalized spacial score (nSPS) is 10.5. The van der Waals surface area contributed by atoms with E-state index in [1.807, 2.05) is 18.2 Å². The Kier molecular flexibility index (Phi) is 2.99. The molecule has 0 unspecified atom stereocenters. The summed E-state index contributed by atoms with van der Waals surface area (Å²) < 4.78 is 1.60. The van der Waals surface area contributed by atoms with Gasteiger partial charge < -0.3 is 5.11 Å². The lowest BCUT2D eigenvalue weighted by Gasteiger charge is -2.01. The third-order valence-electron chi connectivity index (χ3n) is 2.01. The number of rotatable bonds is 3. The Bertz CT molecular complexity index is 455. The molecule has 0 fully saturated rings. The largest absolute Gasteiger partial charge is 0.396 e. The van der Waals surface area contributed by atoms with Crippen molar-refractivity contribution in [3.8, 4) is 5.69 Å². The number of benzene rings is 1. The van der Waals surface area contributed by atoms with Crippen LogP contribution in [-0.4, -0.2) is 26.7 Å². The van der Waals surface area contributed by atoms with Crippen LogP contribution in [0.25, 0.3) is 5.69 Å². The molecule has 0 saturated heterocycles. The van der Waals surface area contributed by atoms with Crippen molar-refractivity contribution in [1.29, 1.82) is 0 Å². The number of nitrogens with zero attached hydrogens (tertiary/aromatic N) is 3.